The van der Waals surface area contributed by atoms with Crippen LogP contribution in [0.1, 0.15) is 49.2 Å². The van der Waals surface area contributed by atoms with E-state index in [0.717, 1.165) is 29.2 Å². The Morgan fingerprint density at radius 2 is 1.66 bits per heavy atom. The van der Waals surface area contributed by atoms with Gasteiger partial charge in [-0.3, -0.25) is 0 Å². The normalized spacial score (nSPS) is 20.0. The van der Waals surface area contributed by atoms with Crippen LogP contribution in [0.15, 0.2) is 84.0 Å². The fourth-order valence-corrected chi connectivity index (χ4v) is 4.04. The predicted molar refractivity (Wildman–Crippen MR) is 114 cm³/mol. The third-order valence-corrected chi connectivity index (χ3v) is 5.34. The van der Waals surface area contributed by atoms with E-state index in [0.29, 0.717) is 0 Å². The molecule has 0 unspecified atom stereocenters. The Hall–Kier alpha value is -3.27. The molecule has 2 heterocycles. The molecule has 146 valence electrons. The van der Waals surface area contributed by atoms with Crippen molar-refractivity contribution < 1.29 is 9.47 Å². The lowest BCUT2D eigenvalue weighted by Gasteiger charge is -2.38. The summed E-state index contributed by atoms with van der Waals surface area (Å²) in [6, 6.07) is 27.0. The number of nitrogens with zero attached hydrogens (tertiary/aromatic N) is 2. The maximum absolute atomic E-state index is 6.42. The highest BCUT2D eigenvalue weighted by atomic mass is 16.5. The van der Waals surface area contributed by atoms with Crippen LogP contribution in [0.4, 0.5) is 0 Å². The molecule has 3 aromatic carbocycles. The van der Waals surface area contributed by atoms with Gasteiger partial charge in [0.15, 0.2) is 0 Å². The van der Waals surface area contributed by atoms with Gasteiger partial charge < -0.3 is 9.47 Å². The summed E-state index contributed by atoms with van der Waals surface area (Å²) in [5.74, 6) is 1.80. The molecule has 2 atom stereocenters. The van der Waals surface area contributed by atoms with Gasteiger partial charge in [-0.2, -0.15) is 5.10 Å². The van der Waals surface area contributed by atoms with Crippen LogP contribution in [0.25, 0.3) is 0 Å². The minimum absolute atomic E-state index is 0.152. The Labute approximate surface area is 171 Å². The van der Waals surface area contributed by atoms with Crippen molar-refractivity contribution in [2.24, 2.45) is 5.10 Å². The lowest BCUT2D eigenvalue weighted by molar-refractivity contribution is -0.0190. The van der Waals surface area contributed by atoms with E-state index >= 15 is 0 Å². The van der Waals surface area contributed by atoms with Crippen LogP contribution in [-0.4, -0.2) is 16.8 Å². The van der Waals surface area contributed by atoms with E-state index in [2.05, 4.69) is 59.6 Å². The Kier molecular flexibility index (Phi) is 4.47. The van der Waals surface area contributed by atoms with Crippen molar-refractivity contribution in [3.05, 3.63) is 95.6 Å². The van der Waals surface area contributed by atoms with Crippen molar-refractivity contribution in [1.82, 2.24) is 5.01 Å². The van der Waals surface area contributed by atoms with Crippen LogP contribution in [0.5, 0.6) is 11.5 Å². The highest BCUT2D eigenvalue weighted by molar-refractivity contribution is 6.01. The maximum Gasteiger partial charge on any atom is 0.213 e. The van der Waals surface area contributed by atoms with Gasteiger partial charge in [-0.25, -0.2) is 5.01 Å². The van der Waals surface area contributed by atoms with Crippen molar-refractivity contribution in [3.8, 4) is 11.5 Å². The minimum atomic E-state index is -0.260. The summed E-state index contributed by atoms with van der Waals surface area (Å²) in [6.45, 7) is 4.06. The molecule has 0 N–H and O–H groups in total. The summed E-state index contributed by atoms with van der Waals surface area (Å²) in [4.78, 5) is 0. The van der Waals surface area contributed by atoms with Crippen LogP contribution < -0.4 is 9.47 Å². The number of rotatable bonds is 4. The second-order valence-electron chi connectivity index (χ2n) is 7.76. The first-order valence-corrected chi connectivity index (χ1v) is 10.1. The molecule has 0 saturated heterocycles. The molecule has 0 radical (unpaired) electrons. The Morgan fingerprint density at radius 3 is 2.41 bits per heavy atom. The van der Waals surface area contributed by atoms with Crippen LogP contribution >= 0.6 is 0 Å². The SMILES string of the molecule is CC(C)Oc1ccc([C@H]2Oc3ccccc3[C@@H]3CC(c4ccccc4)=NN23)cc1. The lowest BCUT2D eigenvalue weighted by atomic mass is 9.96. The summed E-state index contributed by atoms with van der Waals surface area (Å²) >= 11 is 0. The van der Waals surface area contributed by atoms with Crippen molar-refractivity contribution in [3.63, 3.8) is 0 Å². The molecule has 4 heteroatoms. The van der Waals surface area contributed by atoms with E-state index in [1.165, 1.54) is 11.1 Å². The predicted octanol–water partition coefficient (Wildman–Crippen LogP) is 5.72. The van der Waals surface area contributed by atoms with Gasteiger partial charge in [0.2, 0.25) is 6.23 Å². The van der Waals surface area contributed by atoms with Crippen molar-refractivity contribution in [1.29, 1.82) is 0 Å². The molecule has 0 amide bonds. The largest absolute Gasteiger partial charge is 0.491 e. The monoisotopic (exact) mass is 384 g/mol. The first-order valence-electron chi connectivity index (χ1n) is 10.1. The van der Waals surface area contributed by atoms with E-state index in [1.807, 2.05) is 38.1 Å². The van der Waals surface area contributed by atoms with Gasteiger partial charge in [0, 0.05) is 17.5 Å². The first-order chi connectivity index (χ1) is 14.2. The number of hydrogen-bond acceptors (Lipinski definition) is 4. The number of hydrazone groups is 1. The molecular formula is C25H24N2O2. The topological polar surface area (TPSA) is 34.1 Å². The molecule has 2 aliphatic rings. The lowest BCUT2D eigenvalue weighted by Crippen LogP contribution is -2.33. The van der Waals surface area contributed by atoms with Gasteiger partial charge in [0.05, 0.1) is 17.9 Å². The van der Waals surface area contributed by atoms with Crippen molar-refractivity contribution in [2.75, 3.05) is 0 Å². The quantitative estimate of drug-likeness (QED) is 0.577. The molecule has 29 heavy (non-hydrogen) atoms. The third-order valence-electron chi connectivity index (χ3n) is 5.34. The average Bonchev–Trinajstić information content (AvgIpc) is 3.20. The second kappa shape index (κ2) is 7.28. The molecule has 0 spiro atoms. The third kappa shape index (κ3) is 3.35. The molecule has 0 aromatic heterocycles. The Bertz CT molecular complexity index is 1030. The second-order valence-corrected chi connectivity index (χ2v) is 7.76. The highest BCUT2D eigenvalue weighted by Gasteiger charge is 2.40. The molecule has 5 rings (SSSR count). The fourth-order valence-electron chi connectivity index (χ4n) is 4.04. The maximum atomic E-state index is 6.42. The Morgan fingerprint density at radius 1 is 0.931 bits per heavy atom. The molecule has 0 fully saturated rings. The van der Waals surface area contributed by atoms with E-state index in [4.69, 9.17) is 14.6 Å². The summed E-state index contributed by atoms with van der Waals surface area (Å²) in [7, 11) is 0. The highest BCUT2D eigenvalue weighted by Crippen LogP contribution is 2.47. The molecular weight excluding hydrogens is 360 g/mol. The molecule has 3 aromatic rings. The standard InChI is InChI=1S/C25H24N2O2/c1-17(2)28-20-14-12-19(13-15-20)25-27-23(21-10-6-7-11-24(21)29-25)16-22(26-27)18-8-4-3-5-9-18/h3-15,17,23,25H,16H2,1-2H3/t23-,25+/m0/s1. The zero-order valence-corrected chi connectivity index (χ0v) is 16.7. The number of benzene rings is 3. The smallest absolute Gasteiger partial charge is 0.213 e. The van der Waals surface area contributed by atoms with Gasteiger partial charge in [-0.15, -0.1) is 0 Å². The van der Waals surface area contributed by atoms with E-state index < -0.39 is 0 Å². The Balaban J connectivity index is 1.52. The van der Waals surface area contributed by atoms with E-state index in [1.54, 1.807) is 0 Å². The van der Waals surface area contributed by atoms with Gasteiger partial charge in [-0.05, 0) is 49.7 Å². The number of ether oxygens (including phenoxy) is 2. The first kappa shape index (κ1) is 17.8. The average molecular weight is 384 g/mol. The van der Waals surface area contributed by atoms with Gasteiger partial charge in [0.1, 0.15) is 11.5 Å². The van der Waals surface area contributed by atoms with Crippen LogP contribution in [0.3, 0.4) is 0 Å². The van der Waals surface area contributed by atoms with Crippen molar-refractivity contribution >= 4 is 5.71 Å². The van der Waals surface area contributed by atoms with Crippen LogP contribution in [0, 0.1) is 0 Å². The zero-order valence-electron chi connectivity index (χ0n) is 16.7. The molecule has 4 nitrogen and oxygen atoms in total. The minimum Gasteiger partial charge on any atom is -0.491 e. The number of fused-ring (bicyclic) bond motifs is 3. The molecule has 0 saturated carbocycles. The van der Waals surface area contributed by atoms with E-state index in [-0.39, 0.29) is 18.4 Å². The zero-order chi connectivity index (χ0) is 19.8. The molecule has 2 aliphatic heterocycles. The van der Waals surface area contributed by atoms with Crippen LogP contribution in [-0.2, 0) is 0 Å². The summed E-state index contributed by atoms with van der Waals surface area (Å²) in [5, 5.41) is 7.12. The summed E-state index contributed by atoms with van der Waals surface area (Å²) < 4.78 is 12.2. The molecule has 0 aliphatic carbocycles. The molecule has 0 bridgehead atoms. The fraction of sp³-hybridized carbons (Fsp3) is 0.240. The van der Waals surface area contributed by atoms with E-state index in [9.17, 15) is 0 Å². The number of hydrogen-bond donors (Lipinski definition) is 0. The van der Waals surface area contributed by atoms with Gasteiger partial charge >= 0.3 is 0 Å². The van der Waals surface area contributed by atoms with Crippen molar-refractivity contribution in [2.45, 2.75) is 38.6 Å². The summed E-state index contributed by atoms with van der Waals surface area (Å²) in [6.07, 6.45) is 0.763. The summed E-state index contributed by atoms with van der Waals surface area (Å²) in [5.41, 5.74) is 4.52. The van der Waals surface area contributed by atoms with Crippen LogP contribution in [0.2, 0.25) is 0 Å². The number of para-hydroxylation sites is 1. The van der Waals surface area contributed by atoms with Gasteiger partial charge in [0.25, 0.3) is 0 Å². The van der Waals surface area contributed by atoms with Gasteiger partial charge in [-0.1, -0.05) is 48.5 Å².